The number of hydrogen-bond acceptors (Lipinski definition) is 2. The van der Waals surface area contributed by atoms with E-state index < -0.39 is 0 Å². The van der Waals surface area contributed by atoms with Crippen molar-refractivity contribution in [1.82, 2.24) is 4.98 Å². The summed E-state index contributed by atoms with van der Waals surface area (Å²) in [5.41, 5.74) is 5.04. The van der Waals surface area contributed by atoms with Gasteiger partial charge in [-0.05, 0) is 139 Å². The van der Waals surface area contributed by atoms with E-state index in [0.717, 1.165) is 6.42 Å². The van der Waals surface area contributed by atoms with Gasteiger partial charge in [0.05, 0.1) is 0 Å². The number of aliphatic hydroxyl groups is 1. The Morgan fingerprint density at radius 3 is 2.39 bits per heavy atom. The van der Waals surface area contributed by atoms with Crippen LogP contribution in [0.5, 0.6) is 0 Å². The molecule has 0 radical (unpaired) electrons. The molecule has 1 aromatic heterocycles. The van der Waals surface area contributed by atoms with Crippen molar-refractivity contribution in [1.29, 1.82) is 0 Å². The predicted octanol–water partition coefficient (Wildman–Crippen LogP) is 8.02. The number of hydrogen-bond donors (Lipinski definition) is 2. The van der Waals surface area contributed by atoms with Crippen molar-refractivity contribution in [3.8, 4) is 0 Å². The highest BCUT2D eigenvalue weighted by Crippen LogP contribution is 2.77. The summed E-state index contributed by atoms with van der Waals surface area (Å²) >= 11 is 0. The molecule has 3 heteroatoms. The van der Waals surface area contributed by atoms with E-state index in [4.69, 9.17) is 0 Å². The SMILES string of the molecule is C=C(C)C1CCC2(CO)CCC3(C)C(CCC4C5(C)CC=C(c6ccc(=O)[nH]c6)C(C)(C)C5CCC43C)C12. The number of allylic oxidation sites excluding steroid dienone is 3. The lowest BCUT2D eigenvalue weighted by atomic mass is 9.32. The Balaban J connectivity index is 1.38. The first-order valence-corrected chi connectivity index (χ1v) is 15.5. The molecule has 0 aliphatic heterocycles. The lowest BCUT2D eigenvalue weighted by molar-refractivity contribution is -0.228. The van der Waals surface area contributed by atoms with Crippen molar-refractivity contribution >= 4 is 5.57 Å². The maximum absolute atomic E-state index is 11.8. The molecule has 0 amide bonds. The van der Waals surface area contributed by atoms with Gasteiger partial charge >= 0.3 is 0 Å². The Labute approximate surface area is 230 Å². The summed E-state index contributed by atoms with van der Waals surface area (Å²) in [6, 6.07) is 3.69. The van der Waals surface area contributed by atoms with E-state index in [1.807, 2.05) is 12.3 Å². The van der Waals surface area contributed by atoms with E-state index in [1.54, 1.807) is 6.07 Å². The van der Waals surface area contributed by atoms with Crippen molar-refractivity contribution < 1.29 is 5.11 Å². The highest BCUT2D eigenvalue weighted by Gasteiger charge is 2.70. The molecule has 4 saturated carbocycles. The van der Waals surface area contributed by atoms with Gasteiger partial charge in [-0.25, -0.2) is 0 Å². The monoisotopic (exact) mass is 517 g/mol. The summed E-state index contributed by atoms with van der Waals surface area (Å²) in [5, 5.41) is 10.8. The summed E-state index contributed by atoms with van der Waals surface area (Å²) in [5.74, 6) is 3.22. The maximum Gasteiger partial charge on any atom is 0.247 e. The van der Waals surface area contributed by atoms with E-state index in [2.05, 4.69) is 59.2 Å². The molecule has 5 aliphatic carbocycles. The molecule has 2 N–H and O–H groups in total. The summed E-state index contributed by atoms with van der Waals surface area (Å²) in [4.78, 5) is 14.7. The Morgan fingerprint density at radius 2 is 1.74 bits per heavy atom. The summed E-state index contributed by atoms with van der Waals surface area (Å²) in [6.45, 7) is 20.0. The lowest BCUT2D eigenvalue weighted by Crippen LogP contribution is -2.65. The van der Waals surface area contributed by atoms with Gasteiger partial charge < -0.3 is 10.1 Å². The van der Waals surface area contributed by atoms with Crippen LogP contribution < -0.4 is 5.56 Å². The quantitative estimate of drug-likeness (QED) is 0.399. The fourth-order valence-corrected chi connectivity index (χ4v) is 12.2. The highest BCUT2D eigenvalue weighted by molar-refractivity contribution is 5.71. The Morgan fingerprint density at radius 1 is 0.974 bits per heavy atom. The van der Waals surface area contributed by atoms with Crippen LogP contribution in [0.3, 0.4) is 0 Å². The zero-order valence-corrected chi connectivity index (χ0v) is 24.8. The van der Waals surface area contributed by atoms with Crippen molar-refractivity contribution in [2.45, 2.75) is 99.3 Å². The van der Waals surface area contributed by atoms with Gasteiger partial charge in [0.15, 0.2) is 0 Å². The number of fused-ring (bicyclic) bond motifs is 7. The molecule has 0 bridgehead atoms. The zero-order valence-electron chi connectivity index (χ0n) is 24.8. The normalized spacial score (nSPS) is 47.2. The first-order valence-electron chi connectivity index (χ1n) is 15.5. The van der Waals surface area contributed by atoms with Gasteiger partial charge in [0.25, 0.3) is 0 Å². The van der Waals surface area contributed by atoms with E-state index >= 15 is 0 Å². The molecular weight excluding hydrogens is 466 g/mol. The largest absolute Gasteiger partial charge is 0.396 e. The zero-order chi connectivity index (χ0) is 27.3. The predicted molar refractivity (Wildman–Crippen MR) is 156 cm³/mol. The topological polar surface area (TPSA) is 53.1 Å². The second-order valence-corrected chi connectivity index (χ2v) is 15.7. The van der Waals surface area contributed by atoms with Gasteiger partial charge in [0, 0.05) is 18.9 Å². The molecular formula is C35H51NO2. The smallest absolute Gasteiger partial charge is 0.247 e. The van der Waals surface area contributed by atoms with Crippen molar-refractivity contribution in [3.63, 3.8) is 0 Å². The number of aromatic amines is 1. The number of pyridine rings is 1. The summed E-state index contributed by atoms with van der Waals surface area (Å²) in [6.07, 6.45) is 15.7. The molecule has 6 rings (SSSR count). The average Bonchev–Trinajstić information content (AvgIpc) is 3.26. The minimum absolute atomic E-state index is 0.0277. The van der Waals surface area contributed by atoms with Crippen LogP contribution in [-0.2, 0) is 0 Å². The Bertz CT molecular complexity index is 1200. The van der Waals surface area contributed by atoms with Gasteiger partial charge in [-0.2, -0.15) is 0 Å². The highest BCUT2D eigenvalue weighted by atomic mass is 16.3. The van der Waals surface area contributed by atoms with Gasteiger partial charge in [-0.15, -0.1) is 0 Å². The van der Waals surface area contributed by atoms with Crippen LogP contribution in [0.4, 0.5) is 0 Å². The molecule has 208 valence electrons. The molecule has 5 aliphatic rings. The van der Waals surface area contributed by atoms with Gasteiger partial charge in [-0.1, -0.05) is 52.8 Å². The average molecular weight is 518 g/mol. The van der Waals surface area contributed by atoms with E-state index in [0.29, 0.717) is 47.0 Å². The van der Waals surface area contributed by atoms with E-state index in [1.165, 1.54) is 68.1 Å². The van der Waals surface area contributed by atoms with Crippen LogP contribution in [0.25, 0.3) is 5.57 Å². The van der Waals surface area contributed by atoms with Crippen LogP contribution in [0, 0.1) is 56.7 Å². The van der Waals surface area contributed by atoms with E-state index in [9.17, 15) is 9.90 Å². The second-order valence-electron chi connectivity index (χ2n) is 15.7. The van der Waals surface area contributed by atoms with Gasteiger partial charge in [0.1, 0.15) is 0 Å². The first kappa shape index (κ1) is 26.6. The molecule has 0 aromatic carbocycles. The Kier molecular flexibility index (Phi) is 5.91. The Hall–Kier alpha value is -1.61. The molecule has 1 heterocycles. The third kappa shape index (κ3) is 3.26. The third-order valence-corrected chi connectivity index (χ3v) is 14.2. The molecule has 4 fully saturated rings. The molecule has 1 aromatic rings. The van der Waals surface area contributed by atoms with Crippen molar-refractivity contribution in [3.05, 3.63) is 52.5 Å². The van der Waals surface area contributed by atoms with Crippen LogP contribution >= 0.6 is 0 Å². The second kappa shape index (κ2) is 8.45. The molecule has 9 unspecified atom stereocenters. The molecule has 3 nitrogen and oxygen atoms in total. The third-order valence-electron chi connectivity index (χ3n) is 14.2. The molecule has 38 heavy (non-hydrogen) atoms. The minimum atomic E-state index is -0.0277. The number of rotatable bonds is 3. The standard InChI is InChI=1S/C35H51NO2/c1-22(2)24-12-17-35(21-37)19-18-33(6)26(30(24)35)9-10-28-32(5)15-13-25(23-8-11-29(38)36-20-23)31(3,4)27(32)14-16-34(28,33)7/h8,11,13,20,24,26-28,30,37H,1,9-10,12,14-19,21H2,2-7H3,(H,36,38). The van der Waals surface area contributed by atoms with Crippen LogP contribution in [0.15, 0.2) is 41.4 Å². The van der Waals surface area contributed by atoms with Crippen LogP contribution in [0.2, 0.25) is 0 Å². The van der Waals surface area contributed by atoms with Crippen molar-refractivity contribution in [2.24, 2.45) is 56.7 Å². The number of aliphatic hydroxyl groups excluding tert-OH is 1. The molecule has 0 saturated heterocycles. The molecule has 0 spiro atoms. The maximum atomic E-state index is 11.8. The summed E-state index contributed by atoms with van der Waals surface area (Å²) in [7, 11) is 0. The van der Waals surface area contributed by atoms with Crippen LogP contribution in [0.1, 0.15) is 105 Å². The first-order chi connectivity index (χ1) is 17.8. The number of aromatic nitrogens is 1. The number of H-pyrrole nitrogens is 1. The van der Waals surface area contributed by atoms with Gasteiger partial charge in [-0.3, -0.25) is 4.79 Å². The van der Waals surface area contributed by atoms with Crippen LogP contribution in [-0.4, -0.2) is 16.7 Å². The number of nitrogens with one attached hydrogen (secondary N) is 1. The fraction of sp³-hybridized carbons (Fsp3) is 0.743. The van der Waals surface area contributed by atoms with E-state index in [-0.39, 0.29) is 21.8 Å². The van der Waals surface area contributed by atoms with Gasteiger partial charge in [0.2, 0.25) is 5.56 Å². The summed E-state index contributed by atoms with van der Waals surface area (Å²) < 4.78 is 0. The lowest BCUT2D eigenvalue weighted by Gasteiger charge is -2.72. The van der Waals surface area contributed by atoms with Crippen molar-refractivity contribution in [2.75, 3.05) is 6.61 Å². The minimum Gasteiger partial charge on any atom is -0.396 e. The fourth-order valence-electron chi connectivity index (χ4n) is 12.2. The molecule has 9 atom stereocenters.